The number of aromatic nitrogens is 2. The monoisotopic (exact) mass is 408 g/mol. The molecule has 2 aromatic carbocycles. The first-order valence-corrected chi connectivity index (χ1v) is 10.0. The first kappa shape index (κ1) is 18.8. The summed E-state index contributed by atoms with van der Waals surface area (Å²) in [7, 11) is 1.89. The third-order valence-corrected chi connectivity index (χ3v) is 6.12. The summed E-state index contributed by atoms with van der Waals surface area (Å²) in [6.07, 6.45) is -0.278. The van der Waals surface area contributed by atoms with Crippen LogP contribution in [0.5, 0.6) is 0 Å². The maximum absolute atomic E-state index is 13.5. The van der Waals surface area contributed by atoms with E-state index in [1.807, 2.05) is 53.0 Å². The van der Waals surface area contributed by atoms with Crippen LogP contribution in [-0.4, -0.2) is 39.6 Å². The largest absolute Gasteiger partial charge is 0.371 e. The molecule has 1 saturated heterocycles. The molecule has 2 aliphatic heterocycles. The Hall–Kier alpha value is -3.22. The van der Waals surface area contributed by atoms with Gasteiger partial charge in [0.2, 0.25) is 0 Å². The number of hydrogen-bond donors (Lipinski definition) is 1. The zero-order valence-corrected chi connectivity index (χ0v) is 16.7. The van der Waals surface area contributed by atoms with Gasteiger partial charge >= 0.3 is 0 Å². The number of carbonyl (C=O) groups is 1. The Kier molecular flexibility index (Phi) is 4.17. The Morgan fingerprint density at radius 3 is 2.70 bits per heavy atom. The number of nitrogens with one attached hydrogen (secondary N) is 1. The molecule has 0 bridgehead atoms. The van der Waals surface area contributed by atoms with Gasteiger partial charge in [0.25, 0.3) is 11.8 Å². The van der Waals surface area contributed by atoms with Gasteiger partial charge in [-0.3, -0.25) is 9.48 Å². The standard InChI is InChI=1S/C23H22F2N4O/c1-14(29-9-7-23(24,25)8-10-29)15-3-6-19-20(12-15)28(2)27-21(19)16-4-5-18-17(11-16)13-26-22(18)30/h3-6,11-12H,1,7-10,13H2,2H3,(H,26,30). The molecule has 30 heavy (non-hydrogen) atoms. The minimum absolute atomic E-state index is 0.0407. The molecule has 0 spiro atoms. The molecule has 7 heteroatoms. The number of halogens is 2. The Balaban J connectivity index is 1.48. The zero-order valence-electron chi connectivity index (χ0n) is 16.7. The van der Waals surface area contributed by atoms with E-state index in [-0.39, 0.29) is 18.7 Å². The van der Waals surface area contributed by atoms with E-state index in [4.69, 9.17) is 5.10 Å². The number of alkyl halides is 2. The summed E-state index contributed by atoms with van der Waals surface area (Å²) in [5.41, 5.74) is 6.11. The second-order valence-corrected chi connectivity index (χ2v) is 8.05. The summed E-state index contributed by atoms with van der Waals surface area (Å²) in [6.45, 7) is 5.31. The van der Waals surface area contributed by atoms with E-state index in [9.17, 15) is 13.6 Å². The number of benzene rings is 2. The highest BCUT2D eigenvalue weighted by Gasteiger charge is 2.34. The van der Waals surface area contributed by atoms with Crippen LogP contribution < -0.4 is 5.32 Å². The third-order valence-electron chi connectivity index (χ3n) is 6.12. The van der Waals surface area contributed by atoms with Crippen molar-refractivity contribution < 1.29 is 13.6 Å². The van der Waals surface area contributed by atoms with Gasteiger partial charge in [0.05, 0.1) is 5.52 Å². The molecule has 1 fully saturated rings. The van der Waals surface area contributed by atoms with E-state index < -0.39 is 5.92 Å². The van der Waals surface area contributed by atoms with E-state index in [1.54, 1.807) is 0 Å². The smallest absolute Gasteiger partial charge is 0.251 e. The molecule has 3 aromatic rings. The number of nitrogens with zero attached hydrogens (tertiary/aromatic N) is 3. The first-order valence-electron chi connectivity index (χ1n) is 10.0. The highest BCUT2D eigenvalue weighted by Crippen LogP contribution is 2.34. The maximum atomic E-state index is 13.5. The van der Waals surface area contributed by atoms with Crippen molar-refractivity contribution in [1.82, 2.24) is 20.0 Å². The topological polar surface area (TPSA) is 50.2 Å². The van der Waals surface area contributed by atoms with Crippen molar-refractivity contribution in [2.24, 2.45) is 7.05 Å². The molecule has 1 aromatic heterocycles. The fraction of sp³-hybridized carbons (Fsp3) is 0.304. The van der Waals surface area contributed by atoms with E-state index in [1.165, 1.54) is 0 Å². The van der Waals surface area contributed by atoms with Crippen molar-refractivity contribution >= 4 is 22.5 Å². The minimum atomic E-state index is -2.58. The predicted octanol–water partition coefficient (Wildman–Crippen LogP) is 4.19. The quantitative estimate of drug-likeness (QED) is 0.707. The van der Waals surface area contributed by atoms with E-state index >= 15 is 0 Å². The molecule has 2 aliphatic rings. The fourth-order valence-corrected chi connectivity index (χ4v) is 4.32. The van der Waals surface area contributed by atoms with Gasteiger partial charge in [0.1, 0.15) is 5.69 Å². The van der Waals surface area contributed by atoms with E-state index in [2.05, 4.69) is 11.9 Å². The molecule has 5 nitrogen and oxygen atoms in total. The van der Waals surface area contributed by atoms with Crippen LogP contribution in [0.3, 0.4) is 0 Å². The summed E-state index contributed by atoms with van der Waals surface area (Å²) in [4.78, 5) is 13.7. The number of likely N-dealkylation sites (tertiary alicyclic amines) is 1. The Bertz CT molecular complexity index is 1190. The van der Waals surface area contributed by atoms with Crippen molar-refractivity contribution in [3.05, 3.63) is 59.7 Å². The molecular weight excluding hydrogens is 386 g/mol. The predicted molar refractivity (Wildman–Crippen MR) is 112 cm³/mol. The fourth-order valence-electron chi connectivity index (χ4n) is 4.32. The van der Waals surface area contributed by atoms with Gasteiger partial charge in [0.15, 0.2) is 0 Å². The van der Waals surface area contributed by atoms with Crippen LogP contribution >= 0.6 is 0 Å². The number of aryl methyl sites for hydroxylation is 1. The molecule has 3 heterocycles. The number of carbonyl (C=O) groups excluding carboxylic acids is 1. The molecule has 154 valence electrons. The van der Waals surface area contributed by atoms with Crippen LogP contribution in [0.4, 0.5) is 8.78 Å². The molecule has 0 radical (unpaired) electrons. The number of piperidine rings is 1. The molecule has 0 saturated carbocycles. The third kappa shape index (κ3) is 3.05. The summed E-state index contributed by atoms with van der Waals surface area (Å²) >= 11 is 0. The molecular formula is C23H22F2N4O. The lowest BCUT2D eigenvalue weighted by molar-refractivity contribution is -0.0450. The van der Waals surface area contributed by atoms with Crippen LogP contribution in [0.15, 0.2) is 43.0 Å². The maximum Gasteiger partial charge on any atom is 0.251 e. The number of amides is 1. The van der Waals surface area contributed by atoms with Crippen LogP contribution in [0.1, 0.15) is 34.3 Å². The molecule has 0 atom stereocenters. The second kappa shape index (κ2) is 6.65. The van der Waals surface area contributed by atoms with E-state index in [0.29, 0.717) is 25.2 Å². The van der Waals surface area contributed by atoms with Crippen molar-refractivity contribution in [3.8, 4) is 11.3 Å². The van der Waals surface area contributed by atoms with Crippen molar-refractivity contribution in [1.29, 1.82) is 0 Å². The summed E-state index contributed by atoms with van der Waals surface area (Å²) in [6, 6.07) is 11.8. The Labute approximate surface area is 173 Å². The van der Waals surface area contributed by atoms with Crippen molar-refractivity contribution in [2.75, 3.05) is 13.1 Å². The van der Waals surface area contributed by atoms with Gasteiger partial charge in [-0.25, -0.2) is 8.78 Å². The Morgan fingerprint density at radius 1 is 1.17 bits per heavy atom. The highest BCUT2D eigenvalue weighted by molar-refractivity contribution is 6.00. The van der Waals surface area contributed by atoms with Crippen molar-refractivity contribution in [2.45, 2.75) is 25.3 Å². The first-order chi connectivity index (χ1) is 14.3. The molecule has 0 aliphatic carbocycles. The molecule has 5 rings (SSSR count). The van der Waals surface area contributed by atoms with Gasteiger partial charge in [-0.1, -0.05) is 18.7 Å². The van der Waals surface area contributed by atoms with Gasteiger partial charge in [-0.2, -0.15) is 5.10 Å². The van der Waals surface area contributed by atoms with Gasteiger partial charge in [0, 0.05) is 61.7 Å². The van der Waals surface area contributed by atoms with Crippen LogP contribution in [0, 0.1) is 0 Å². The van der Waals surface area contributed by atoms with Gasteiger partial charge < -0.3 is 10.2 Å². The second-order valence-electron chi connectivity index (χ2n) is 8.05. The summed E-state index contributed by atoms with van der Waals surface area (Å²) in [5, 5.41) is 8.54. The van der Waals surface area contributed by atoms with E-state index in [0.717, 1.165) is 39.0 Å². The molecule has 0 unspecified atom stereocenters. The highest BCUT2D eigenvalue weighted by atomic mass is 19.3. The lowest BCUT2D eigenvalue weighted by Crippen LogP contribution is -2.38. The number of fused-ring (bicyclic) bond motifs is 2. The average molecular weight is 408 g/mol. The lowest BCUT2D eigenvalue weighted by atomic mass is 10.0. The number of hydrogen-bond acceptors (Lipinski definition) is 3. The zero-order chi connectivity index (χ0) is 21.0. The summed E-state index contributed by atoms with van der Waals surface area (Å²) < 4.78 is 28.8. The van der Waals surface area contributed by atoms with Gasteiger partial charge in [-0.15, -0.1) is 0 Å². The SMILES string of the molecule is C=C(c1ccc2c(-c3ccc4c(c3)CNC4=O)nn(C)c2c1)N1CCC(F)(F)CC1. The van der Waals surface area contributed by atoms with Crippen molar-refractivity contribution in [3.63, 3.8) is 0 Å². The van der Waals surface area contributed by atoms with Gasteiger partial charge in [-0.05, 0) is 35.4 Å². The minimum Gasteiger partial charge on any atom is -0.371 e. The normalized spacial score (nSPS) is 17.8. The lowest BCUT2D eigenvalue weighted by Gasteiger charge is -2.34. The molecule has 1 amide bonds. The average Bonchev–Trinajstić information content (AvgIpc) is 3.27. The number of rotatable bonds is 3. The summed E-state index contributed by atoms with van der Waals surface area (Å²) in [5.74, 6) is -2.62. The Morgan fingerprint density at radius 2 is 1.93 bits per heavy atom. The van der Waals surface area contributed by atoms with Crippen LogP contribution in [0.25, 0.3) is 27.9 Å². The molecule has 1 N–H and O–H groups in total. The van der Waals surface area contributed by atoms with Crippen LogP contribution in [0.2, 0.25) is 0 Å². The van der Waals surface area contributed by atoms with Crippen LogP contribution in [-0.2, 0) is 13.6 Å².